The first-order valence-corrected chi connectivity index (χ1v) is 7.88. The molecule has 2 heterocycles. The van der Waals surface area contributed by atoms with Crippen molar-refractivity contribution in [1.82, 2.24) is 4.98 Å². The lowest BCUT2D eigenvalue weighted by molar-refractivity contribution is 0.0605. The van der Waals surface area contributed by atoms with Crippen LogP contribution in [-0.2, 0) is 11.3 Å². The normalized spacial score (nSPS) is 11.0. The molecule has 26 heavy (non-hydrogen) atoms. The number of ether oxygens (including phenoxy) is 1. The molecule has 0 saturated heterocycles. The third kappa shape index (κ3) is 2.96. The minimum Gasteiger partial charge on any atom is -0.465 e. The van der Waals surface area contributed by atoms with Crippen LogP contribution in [0.3, 0.4) is 0 Å². The molecule has 0 radical (unpaired) electrons. The number of esters is 1. The van der Waals surface area contributed by atoms with Crippen LogP contribution >= 0.6 is 11.3 Å². The molecule has 0 aliphatic heterocycles. The van der Waals surface area contributed by atoms with Gasteiger partial charge >= 0.3 is 5.97 Å². The summed E-state index contributed by atoms with van der Waals surface area (Å²) in [5.41, 5.74) is -1.06. The number of benzene rings is 1. The number of hydrogen-bond donors (Lipinski definition) is 1. The summed E-state index contributed by atoms with van der Waals surface area (Å²) >= 11 is 0.918. The second-order valence-electron chi connectivity index (χ2n) is 5.06. The summed E-state index contributed by atoms with van der Waals surface area (Å²) in [5, 5.41) is 2.21. The summed E-state index contributed by atoms with van der Waals surface area (Å²) in [6, 6.07) is 4.12. The Kier molecular flexibility index (Phi) is 4.77. The molecule has 136 valence electrons. The second kappa shape index (κ2) is 6.87. The predicted octanol–water partition coefficient (Wildman–Crippen LogP) is 4.39. The highest BCUT2D eigenvalue weighted by molar-refractivity contribution is 7.21. The molecule has 3 rings (SSSR count). The number of thiophene rings is 1. The van der Waals surface area contributed by atoms with E-state index in [4.69, 9.17) is 0 Å². The van der Waals surface area contributed by atoms with Gasteiger partial charge in [-0.05, 0) is 12.1 Å². The van der Waals surface area contributed by atoms with E-state index in [9.17, 15) is 26.7 Å². The first-order chi connectivity index (χ1) is 12.3. The number of aromatic nitrogens is 1. The fourth-order valence-electron chi connectivity index (χ4n) is 2.41. The average molecular weight is 388 g/mol. The van der Waals surface area contributed by atoms with Crippen molar-refractivity contribution in [2.75, 3.05) is 12.4 Å². The van der Waals surface area contributed by atoms with Crippen LogP contribution in [0.15, 0.2) is 18.2 Å². The zero-order valence-corrected chi connectivity index (χ0v) is 13.8. The molecule has 0 bridgehead atoms. The van der Waals surface area contributed by atoms with E-state index in [1.807, 2.05) is 0 Å². The Hall–Kier alpha value is -2.75. The molecule has 0 amide bonds. The fraction of sp³-hybridized carbons (Fsp3) is 0.125. The van der Waals surface area contributed by atoms with Gasteiger partial charge in [0, 0.05) is 22.2 Å². The minimum absolute atomic E-state index is 0.00378. The van der Waals surface area contributed by atoms with Gasteiger partial charge in [0.1, 0.15) is 16.4 Å². The number of methoxy groups -OCH3 is 1. The quantitative estimate of drug-likeness (QED) is 0.409. The van der Waals surface area contributed by atoms with Crippen LogP contribution in [0.4, 0.5) is 27.6 Å². The molecule has 2 aromatic heterocycles. The Morgan fingerprint density at radius 1 is 1.15 bits per heavy atom. The highest BCUT2D eigenvalue weighted by atomic mass is 32.1. The maximum absolute atomic E-state index is 14.2. The number of pyridine rings is 1. The van der Waals surface area contributed by atoms with Crippen LogP contribution < -0.4 is 5.32 Å². The lowest BCUT2D eigenvalue weighted by Crippen LogP contribution is -2.11. The molecule has 0 aliphatic rings. The summed E-state index contributed by atoms with van der Waals surface area (Å²) < 4.78 is 73.1. The number of hydrogen-bond acceptors (Lipinski definition) is 5. The Bertz CT molecular complexity index is 996. The van der Waals surface area contributed by atoms with E-state index >= 15 is 0 Å². The molecule has 3 aromatic rings. The van der Waals surface area contributed by atoms with E-state index < -0.39 is 47.5 Å². The largest absolute Gasteiger partial charge is 0.465 e. The van der Waals surface area contributed by atoms with E-state index in [0.29, 0.717) is 4.70 Å². The van der Waals surface area contributed by atoms with E-state index in [1.165, 1.54) is 6.07 Å². The molecule has 4 nitrogen and oxygen atoms in total. The van der Waals surface area contributed by atoms with Crippen molar-refractivity contribution in [3.05, 3.63) is 58.0 Å². The third-order valence-electron chi connectivity index (χ3n) is 3.57. The minimum atomic E-state index is -1.83. The number of nitrogens with one attached hydrogen (secondary N) is 1. The zero-order chi connectivity index (χ0) is 19.0. The van der Waals surface area contributed by atoms with E-state index in [2.05, 4.69) is 15.0 Å². The molecule has 0 spiro atoms. The summed E-state index contributed by atoms with van der Waals surface area (Å²) in [5.74, 6) is -8.58. The van der Waals surface area contributed by atoms with Gasteiger partial charge in [0.2, 0.25) is 11.6 Å². The van der Waals surface area contributed by atoms with E-state index in [1.54, 1.807) is 6.07 Å². The van der Waals surface area contributed by atoms with Crippen molar-refractivity contribution in [2.24, 2.45) is 0 Å². The Morgan fingerprint density at radius 3 is 2.42 bits per heavy atom. The molecule has 0 fully saturated rings. The van der Waals surface area contributed by atoms with Gasteiger partial charge in [-0.15, -0.1) is 11.3 Å². The molecule has 0 aliphatic carbocycles. The van der Waals surface area contributed by atoms with Crippen molar-refractivity contribution in [1.29, 1.82) is 0 Å². The Labute approximate surface area is 147 Å². The SMILES string of the molecule is COC(=O)c1sc2cccc(F)c2c1CNc1c(F)c(F)nc(F)c1F. The van der Waals surface area contributed by atoms with Crippen LogP contribution in [0.25, 0.3) is 10.1 Å². The number of nitrogens with zero attached hydrogens (tertiary/aromatic N) is 1. The molecule has 0 saturated carbocycles. The van der Waals surface area contributed by atoms with Gasteiger partial charge in [-0.3, -0.25) is 0 Å². The predicted molar refractivity (Wildman–Crippen MR) is 84.5 cm³/mol. The van der Waals surface area contributed by atoms with Gasteiger partial charge in [-0.25, -0.2) is 9.18 Å². The number of anilines is 1. The maximum Gasteiger partial charge on any atom is 0.348 e. The van der Waals surface area contributed by atoms with Crippen LogP contribution in [0.5, 0.6) is 0 Å². The van der Waals surface area contributed by atoms with Crippen LogP contribution in [-0.4, -0.2) is 18.1 Å². The summed E-state index contributed by atoms with van der Waals surface area (Å²) in [4.78, 5) is 14.4. The standard InChI is InChI=1S/C16H9F5N2O2S/c1-25-16(24)13-6(9-7(17)3-2-4-8(9)26-13)5-22-12-10(18)14(20)23-15(21)11(12)19/h2-4H,5H2,1H3,(H,22,23). The summed E-state index contributed by atoms with van der Waals surface area (Å²) in [6.45, 7) is -0.484. The number of carbonyl (C=O) groups is 1. The molecule has 1 N–H and O–H groups in total. The topological polar surface area (TPSA) is 51.2 Å². The lowest BCUT2D eigenvalue weighted by atomic mass is 10.1. The van der Waals surface area contributed by atoms with Gasteiger partial charge in [0.05, 0.1) is 7.11 Å². The average Bonchev–Trinajstić information content (AvgIpc) is 2.99. The highest BCUT2D eigenvalue weighted by Crippen LogP contribution is 2.34. The van der Waals surface area contributed by atoms with Gasteiger partial charge in [-0.2, -0.15) is 22.5 Å². The first-order valence-electron chi connectivity index (χ1n) is 7.07. The second-order valence-corrected chi connectivity index (χ2v) is 6.12. The number of carbonyl (C=O) groups excluding carboxylic acids is 1. The van der Waals surface area contributed by atoms with Gasteiger partial charge in [-0.1, -0.05) is 6.07 Å². The molecular weight excluding hydrogens is 379 g/mol. The Morgan fingerprint density at radius 2 is 1.81 bits per heavy atom. The molecular formula is C16H9F5N2O2S. The van der Waals surface area contributed by atoms with Crippen molar-refractivity contribution in [2.45, 2.75) is 6.54 Å². The van der Waals surface area contributed by atoms with Gasteiger partial charge in [0.25, 0.3) is 11.9 Å². The smallest absolute Gasteiger partial charge is 0.348 e. The number of fused-ring (bicyclic) bond motifs is 1. The van der Waals surface area contributed by atoms with E-state index in [0.717, 1.165) is 24.5 Å². The Balaban J connectivity index is 2.09. The maximum atomic E-state index is 14.2. The first kappa shape index (κ1) is 18.1. The molecule has 0 atom stereocenters. The molecule has 10 heteroatoms. The third-order valence-corrected chi connectivity index (χ3v) is 4.75. The van der Waals surface area contributed by atoms with Crippen molar-refractivity contribution in [3.8, 4) is 0 Å². The number of rotatable bonds is 4. The molecule has 1 aromatic carbocycles. The summed E-state index contributed by atoms with van der Waals surface area (Å²) in [7, 11) is 1.12. The van der Waals surface area contributed by atoms with Crippen molar-refractivity contribution >= 4 is 33.1 Å². The number of halogens is 5. The van der Waals surface area contributed by atoms with Crippen molar-refractivity contribution < 1.29 is 31.5 Å². The van der Waals surface area contributed by atoms with Crippen LogP contribution in [0.2, 0.25) is 0 Å². The van der Waals surface area contributed by atoms with Crippen LogP contribution in [0.1, 0.15) is 15.2 Å². The fourth-order valence-corrected chi connectivity index (χ4v) is 3.57. The lowest BCUT2D eigenvalue weighted by Gasteiger charge is -2.10. The van der Waals surface area contributed by atoms with E-state index in [-0.39, 0.29) is 15.8 Å². The summed E-state index contributed by atoms with van der Waals surface area (Å²) in [6.07, 6.45) is 0. The van der Waals surface area contributed by atoms with Gasteiger partial charge < -0.3 is 10.1 Å². The highest BCUT2D eigenvalue weighted by Gasteiger charge is 2.24. The monoisotopic (exact) mass is 388 g/mol. The zero-order valence-electron chi connectivity index (χ0n) is 13.0. The van der Waals surface area contributed by atoms with Crippen LogP contribution in [0, 0.1) is 29.3 Å². The van der Waals surface area contributed by atoms with Gasteiger partial charge in [0.15, 0.2) is 0 Å². The van der Waals surface area contributed by atoms with Crippen molar-refractivity contribution in [3.63, 3.8) is 0 Å². The molecule has 0 unspecified atom stereocenters.